The fourth-order valence-corrected chi connectivity index (χ4v) is 3.16. The van der Waals surface area contributed by atoms with E-state index < -0.39 is 0 Å². The molecule has 0 aromatic heterocycles. The van der Waals surface area contributed by atoms with Crippen molar-refractivity contribution >= 4 is 5.78 Å². The number of Topliss-reactive ketones (excluding diaryl/α,β-unsaturated/α-hetero) is 1. The van der Waals surface area contributed by atoms with E-state index >= 15 is 0 Å². The van der Waals surface area contributed by atoms with E-state index in [-0.39, 0.29) is 12.0 Å². The molecule has 1 N–H and O–H groups in total. The van der Waals surface area contributed by atoms with Crippen LogP contribution in [0.25, 0.3) is 0 Å². The van der Waals surface area contributed by atoms with E-state index in [1.165, 1.54) is 6.42 Å². The molecule has 1 aliphatic carbocycles. The first kappa shape index (κ1) is 13.0. The van der Waals surface area contributed by atoms with Crippen LogP contribution in [0, 0.1) is 11.8 Å². The highest BCUT2D eigenvalue weighted by molar-refractivity contribution is 5.81. The third kappa shape index (κ3) is 3.52. The normalized spacial score (nSPS) is 32.9. The lowest BCUT2D eigenvalue weighted by molar-refractivity contribution is -0.126. The molecule has 1 saturated heterocycles. The molecule has 0 amide bonds. The van der Waals surface area contributed by atoms with Crippen molar-refractivity contribution < 1.29 is 9.90 Å². The SMILES string of the molecule is CCC1CCC(=O)C(CN2CCC(O)CC2)C1. The highest BCUT2D eigenvalue weighted by Crippen LogP contribution is 2.29. The van der Waals surface area contributed by atoms with Gasteiger partial charge in [-0.15, -0.1) is 0 Å². The number of ketones is 1. The molecule has 0 radical (unpaired) electrons. The van der Waals surface area contributed by atoms with Crippen molar-refractivity contribution in [2.24, 2.45) is 11.8 Å². The quantitative estimate of drug-likeness (QED) is 0.817. The number of carbonyl (C=O) groups is 1. The summed E-state index contributed by atoms with van der Waals surface area (Å²) in [6.45, 7) is 5.08. The molecule has 98 valence electrons. The minimum absolute atomic E-state index is 0.114. The van der Waals surface area contributed by atoms with E-state index in [1.54, 1.807) is 0 Å². The van der Waals surface area contributed by atoms with Crippen LogP contribution in [0.3, 0.4) is 0 Å². The summed E-state index contributed by atoms with van der Waals surface area (Å²) in [6.07, 6.45) is 5.83. The van der Waals surface area contributed by atoms with E-state index in [9.17, 15) is 9.90 Å². The molecule has 0 aromatic carbocycles. The van der Waals surface area contributed by atoms with Crippen LogP contribution in [0.2, 0.25) is 0 Å². The first-order valence-electron chi connectivity index (χ1n) is 7.12. The minimum Gasteiger partial charge on any atom is -0.393 e. The Morgan fingerprint density at radius 1 is 1.29 bits per heavy atom. The number of rotatable bonds is 3. The van der Waals surface area contributed by atoms with Gasteiger partial charge in [0.05, 0.1) is 6.10 Å². The Hall–Kier alpha value is -0.410. The number of aliphatic hydroxyl groups excluding tert-OH is 1. The third-order valence-electron chi connectivity index (χ3n) is 4.49. The van der Waals surface area contributed by atoms with Gasteiger partial charge in [0.1, 0.15) is 5.78 Å². The summed E-state index contributed by atoms with van der Waals surface area (Å²) in [5.74, 6) is 1.50. The highest BCUT2D eigenvalue weighted by atomic mass is 16.3. The zero-order valence-electron chi connectivity index (χ0n) is 10.9. The molecule has 2 aliphatic rings. The Morgan fingerprint density at radius 2 is 2.00 bits per heavy atom. The van der Waals surface area contributed by atoms with Gasteiger partial charge in [0.2, 0.25) is 0 Å². The summed E-state index contributed by atoms with van der Waals surface area (Å²) in [7, 11) is 0. The smallest absolute Gasteiger partial charge is 0.137 e. The number of nitrogens with zero attached hydrogens (tertiary/aromatic N) is 1. The van der Waals surface area contributed by atoms with Crippen molar-refractivity contribution in [3.05, 3.63) is 0 Å². The molecule has 0 aromatic rings. The zero-order chi connectivity index (χ0) is 12.3. The van der Waals surface area contributed by atoms with Gasteiger partial charge in [-0.1, -0.05) is 13.3 Å². The van der Waals surface area contributed by atoms with Gasteiger partial charge in [0.15, 0.2) is 0 Å². The molecule has 1 saturated carbocycles. The van der Waals surface area contributed by atoms with Gasteiger partial charge in [0, 0.05) is 32.0 Å². The molecule has 3 nitrogen and oxygen atoms in total. The summed E-state index contributed by atoms with van der Waals surface area (Å²) in [6, 6.07) is 0. The maximum absolute atomic E-state index is 11.9. The van der Waals surface area contributed by atoms with E-state index in [0.29, 0.717) is 5.78 Å². The Morgan fingerprint density at radius 3 is 2.65 bits per heavy atom. The van der Waals surface area contributed by atoms with Crippen LogP contribution >= 0.6 is 0 Å². The molecule has 0 spiro atoms. The van der Waals surface area contributed by atoms with Gasteiger partial charge in [0.25, 0.3) is 0 Å². The van der Waals surface area contributed by atoms with Gasteiger partial charge in [-0.05, 0) is 31.6 Å². The van der Waals surface area contributed by atoms with Crippen molar-refractivity contribution in [2.45, 2.75) is 51.6 Å². The van der Waals surface area contributed by atoms with Gasteiger partial charge in [-0.3, -0.25) is 4.79 Å². The number of aliphatic hydroxyl groups is 1. The molecule has 17 heavy (non-hydrogen) atoms. The Labute approximate surface area is 104 Å². The Bertz CT molecular complexity index is 259. The van der Waals surface area contributed by atoms with Gasteiger partial charge >= 0.3 is 0 Å². The molecule has 3 heteroatoms. The number of hydrogen-bond acceptors (Lipinski definition) is 3. The third-order valence-corrected chi connectivity index (χ3v) is 4.49. The Balaban J connectivity index is 1.82. The van der Waals surface area contributed by atoms with Crippen LogP contribution < -0.4 is 0 Å². The molecule has 0 bridgehead atoms. The lowest BCUT2D eigenvalue weighted by Gasteiger charge is -2.35. The maximum Gasteiger partial charge on any atom is 0.137 e. The summed E-state index contributed by atoms with van der Waals surface area (Å²) in [5.41, 5.74) is 0. The summed E-state index contributed by atoms with van der Waals surface area (Å²) in [5, 5.41) is 9.47. The fraction of sp³-hybridized carbons (Fsp3) is 0.929. The van der Waals surface area contributed by atoms with E-state index in [2.05, 4.69) is 11.8 Å². The molecule has 2 atom stereocenters. The minimum atomic E-state index is -0.114. The predicted octanol–water partition coefficient (Wildman–Crippen LogP) is 1.84. The van der Waals surface area contributed by atoms with Gasteiger partial charge in [-0.25, -0.2) is 0 Å². The van der Waals surface area contributed by atoms with Crippen molar-refractivity contribution in [3.63, 3.8) is 0 Å². The summed E-state index contributed by atoms with van der Waals surface area (Å²) >= 11 is 0. The zero-order valence-corrected chi connectivity index (χ0v) is 10.9. The second-order valence-electron chi connectivity index (χ2n) is 5.74. The predicted molar refractivity (Wildman–Crippen MR) is 67.8 cm³/mol. The standard InChI is InChI=1S/C14H25NO2/c1-2-11-3-4-14(17)12(9-11)10-15-7-5-13(16)6-8-15/h11-13,16H,2-10H2,1H3. The second-order valence-corrected chi connectivity index (χ2v) is 5.74. The van der Waals surface area contributed by atoms with Gasteiger partial charge < -0.3 is 10.0 Å². The molecule has 2 unspecified atom stereocenters. The first-order valence-corrected chi connectivity index (χ1v) is 7.12. The first-order chi connectivity index (χ1) is 8.19. The molecular formula is C14H25NO2. The Kier molecular flexibility index (Phi) is 4.57. The number of hydrogen-bond donors (Lipinski definition) is 1. The molecule has 1 heterocycles. The molecule has 2 fully saturated rings. The lowest BCUT2D eigenvalue weighted by Crippen LogP contribution is -2.42. The average molecular weight is 239 g/mol. The van der Waals surface area contributed by atoms with Crippen molar-refractivity contribution in [2.75, 3.05) is 19.6 Å². The van der Waals surface area contributed by atoms with E-state index in [1.807, 2.05) is 0 Å². The van der Waals surface area contributed by atoms with Crippen LogP contribution in [0.5, 0.6) is 0 Å². The molecular weight excluding hydrogens is 214 g/mol. The van der Waals surface area contributed by atoms with Crippen molar-refractivity contribution in [1.29, 1.82) is 0 Å². The molecule has 1 aliphatic heterocycles. The van der Waals surface area contributed by atoms with E-state index in [0.717, 1.165) is 57.7 Å². The fourth-order valence-electron chi connectivity index (χ4n) is 3.16. The lowest BCUT2D eigenvalue weighted by atomic mass is 9.79. The maximum atomic E-state index is 11.9. The van der Waals surface area contributed by atoms with Crippen LogP contribution in [-0.2, 0) is 4.79 Å². The number of likely N-dealkylation sites (tertiary alicyclic amines) is 1. The molecule has 2 rings (SSSR count). The monoisotopic (exact) mass is 239 g/mol. The largest absolute Gasteiger partial charge is 0.393 e. The second kappa shape index (κ2) is 5.96. The summed E-state index contributed by atoms with van der Waals surface area (Å²) < 4.78 is 0. The average Bonchev–Trinajstić information content (AvgIpc) is 2.35. The topological polar surface area (TPSA) is 40.5 Å². The van der Waals surface area contributed by atoms with Crippen LogP contribution in [0.15, 0.2) is 0 Å². The number of piperidine rings is 1. The van der Waals surface area contributed by atoms with Crippen LogP contribution in [0.1, 0.15) is 45.4 Å². The highest BCUT2D eigenvalue weighted by Gasteiger charge is 2.30. The van der Waals surface area contributed by atoms with Crippen LogP contribution in [0.4, 0.5) is 0 Å². The van der Waals surface area contributed by atoms with Crippen molar-refractivity contribution in [3.8, 4) is 0 Å². The number of carbonyl (C=O) groups excluding carboxylic acids is 1. The summed E-state index contributed by atoms with van der Waals surface area (Å²) in [4.78, 5) is 14.3. The van der Waals surface area contributed by atoms with Crippen LogP contribution in [-0.4, -0.2) is 41.5 Å². The van der Waals surface area contributed by atoms with Crippen molar-refractivity contribution in [1.82, 2.24) is 4.90 Å². The van der Waals surface area contributed by atoms with Gasteiger partial charge in [-0.2, -0.15) is 0 Å². The van der Waals surface area contributed by atoms with E-state index in [4.69, 9.17) is 0 Å².